The SMILES string of the molecule is O=C(O)C1CC(C2CCCCC2)CN1C(=O)Cc1cncc2ccccc12. The van der Waals surface area contributed by atoms with Gasteiger partial charge in [-0.15, -0.1) is 0 Å². The summed E-state index contributed by atoms with van der Waals surface area (Å²) >= 11 is 0. The van der Waals surface area contributed by atoms with Crippen molar-refractivity contribution in [1.82, 2.24) is 9.88 Å². The normalized spacial score (nSPS) is 23.6. The number of carbonyl (C=O) groups is 2. The van der Waals surface area contributed by atoms with Gasteiger partial charge in [-0.05, 0) is 29.2 Å². The second-order valence-electron chi connectivity index (χ2n) is 7.99. The molecule has 2 aliphatic rings. The molecule has 1 amide bonds. The Morgan fingerprint density at radius 2 is 1.85 bits per heavy atom. The zero-order chi connectivity index (χ0) is 18.8. The summed E-state index contributed by atoms with van der Waals surface area (Å²) < 4.78 is 0. The van der Waals surface area contributed by atoms with Gasteiger partial charge in [0.05, 0.1) is 6.42 Å². The third-order valence-electron chi connectivity index (χ3n) is 6.35. The van der Waals surface area contributed by atoms with E-state index in [4.69, 9.17) is 0 Å². The molecule has 1 saturated heterocycles. The zero-order valence-electron chi connectivity index (χ0n) is 15.5. The lowest BCUT2D eigenvalue weighted by Crippen LogP contribution is -2.41. The van der Waals surface area contributed by atoms with Crippen molar-refractivity contribution in [1.29, 1.82) is 0 Å². The van der Waals surface area contributed by atoms with Crippen LogP contribution in [-0.4, -0.2) is 39.5 Å². The summed E-state index contributed by atoms with van der Waals surface area (Å²) in [6.07, 6.45) is 10.4. The summed E-state index contributed by atoms with van der Waals surface area (Å²) in [6.45, 7) is 0.582. The molecule has 1 aromatic heterocycles. The van der Waals surface area contributed by atoms with E-state index in [1.54, 1.807) is 17.3 Å². The predicted octanol–water partition coefficient (Wildman–Crippen LogP) is 3.66. The fourth-order valence-electron chi connectivity index (χ4n) is 4.91. The highest BCUT2D eigenvalue weighted by Crippen LogP contribution is 2.37. The smallest absolute Gasteiger partial charge is 0.326 e. The Morgan fingerprint density at radius 3 is 2.63 bits per heavy atom. The first-order valence-electron chi connectivity index (χ1n) is 9.97. The molecule has 1 saturated carbocycles. The number of hydrogen-bond donors (Lipinski definition) is 1. The minimum atomic E-state index is -0.877. The van der Waals surface area contributed by atoms with Gasteiger partial charge in [-0.2, -0.15) is 0 Å². The molecular weight excluding hydrogens is 340 g/mol. The summed E-state index contributed by atoms with van der Waals surface area (Å²) in [5, 5.41) is 11.7. The van der Waals surface area contributed by atoms with E-state index in [1.165, 1.54) is 32.1 Å². The van der Waals surface area contributed by atoms with Gasteiger partial charge in [0.25, 0.3) is 0 Å². The number of hydrogen-bond acceptors (Lipinski definition) is 3. The molecule has 1 N–H and O–H groups in total. The van der Waals surface area contributed by atoms with Gasteiger partial charge < -0.3 is 10.0 Å². The van der Waals surface area contributed by atoms with Gasteiger partial charge in [-0.1, -0.05) is 56.4 Å². The Hall–Kier alpha value is -2.43. The number of amides is 1. The molecule has 1 aliphatic carbocycles. The number of fused-ring (bicyclic) bond motifs is 1. The average molecular weight is 366 g/mol. The number of benzene rings is 1. The largest absolute Gasteiger partial charge is 0.480 e. The van der Waals surface area contributed by atoms with Crippen molar-refractivity contribution in [2.45, 2.75) is 51.0 Å². The Kier molecular flexibility index (Phi) is 5.10. The number of carbonyl (C=O) groups excluding carboxylic acids is 1. The van der Waals surface area contributed by atoms with E-state index in [-0.39, 0.29) is 12.3 Å². The summed E-state index contributed by atoms with van der Waals surface area (Å²) in [5.74, 6) is -0.0878. The fourth-order valence-corrected chi connectivity index (χ4v) is 4.91. The lowest BCUT2D eigenvalue weighted by Gasteiger charge is -2.27. The van der Waals surface area contributed by atoms with Gasteiger partial charge >= 0.3 is 5.97 Å². The van der Waals surface area contributed by atoms with Gasteiger partial charge in [-0.25, -0.2) is 4.79 Å². The molecule has 1 aliphatic heterocycles. The van der Waals surface area contributed by atoms with Crippen molar-refractivity contribution in [2.24, 2.45) is 11.8 Å². The van der Waals surface area contributed by atoms with Crippen LogP contribution in [0.2, 0.25) is 0 Å². The molecule has 2 unspecified atom stereocenters. The predicted molar refractivity (Wildman–Crippen MR) is 103 cm³/mol. The van der Waals surface area contributed by atoms with Crippen molar-refractivity contribution in [3.63, 3.8) is 0 Å². The van der Waals surface area contributed by atoms with Gasteiger partial charge in [0.15, 0.2) is 0 Å². The first kappa shape index (κ1) is 18.0. The van der Waals surface area contributed by atoms with E-state index in [0.717, 1.165) is 16.3 Å². The Bertz CT molecular complexity index is 839. The van der Waals surface area contributed by atoms with Crippen LogP contribution in [0.1, 0.15) is 44.1 Å². The Labute approximate surface area is 159 Å². The van der Waals surface area contributed by atoms with Crippen LogP contribution in [0.15, 0.2) is 36.7 Å². The molecular formula is C22H26N2O3. The van der Waals surface area contributed by atoms with Crippen LogP contribution >= 0.6 is 0 Å². The van der Waals surface area contributed by atoms with E-state index in [0.29, 0.717) is 24.8 Å². The minimum Gasteiger partial charge on any atom is -0.480 e. The van der Waals surface area contributed by atoms with Crippen LogP contribution in [0.25, 0.3) is 10.8 Å². The quantitative estimate of drug-likeness (QED) is 0.896. The first-order chi connectivity index (χ1) is 13.1. The highest BCUT2D eigenvalue weighted by molar-refractivity contribution is 5.91. The lowest BCUT2D eigenvalue weighted by atomic mass is 9.79. The van der Waals surface area contributed by atoms with Gasteiger partial charge in [0.2, 0.25) is 5.91 Å². The number of aliphatic carboxylic acids is 1. The molecule has 0 radical (unpaired) electrons. The third-order valence-corrected chi connectivity index (χ3v) is 6.35. The van der Waals surface area contributed by atoms with E-state index in [1.807, 2.05) is 24.3 Å². The fraction of sp³-hybridized carbons (Fsp3) is 0.500. The molecule has 142 valence electrons. The molecule has 4 rings (SSSR count). The molecule has 5 heteroatoms. The highest BCUT2D eigenvalue weighted by Gasteiger charge is 2.42. The van der Waals surface area contributed by atoms with Crippen molar-refractivity contribution < 1.29 is 14.7 Å². The second-order valence-corrected chi connectivity index (χ2v) is 7.99. The maximum absolute atomic E-state index is 13.0. The third kappa shape index (κ3) is 3.68. The standard InChI is InChI=1S/C22H26N2O3/c25-21(11-17-13-23-12-16-8-4-5-9-19(16)17)24-14-18(10-20(24)22(26)27)15-6-2-1-3-7-15/h4-5,8-9,12-13,15,18,20H,1-3,6-7,10-11,14H2,(H,26,27). The maximum Gasteiger partial charge on any atom is 0.326 e. The van der Waals surface area contributed by atoms with Crippen molar-refractivity contribution in [3.8, 4) is 0 Å². The summed E-state index contributed by atoms with van der Waals surface area (Å²) in [7, 11) is 0. The summed E-state index contributed by atoms with van der Waals surface area (Å²) in [5.41, 5.74) is 0.864. The van der Waals surface area contributed by atoms with Gasteiger partial charge in [-0.3, -0.25) is 9.78 Å². The van der Waals surface area contributed by atoms with Crippen LogP contribution in [0.5, 0.6) is 0 Å². The monoisotopic (exact) mass is 366 g/mol. The maximum atomic E-state index is 13.0. The molecule has 2 aromatic rings. The number of nitrogens with zero attached hydrogens (tertiary/aromatic N) is 2. The number of rotatable bonds is 4. The topological polar surface area (TPSA) is 70.5 Å². The van der Waals surface area contributed by atoms with E-state index in [2.05, 4.69) is 4.98 Å². The van der Waals surface area contributed by atoms with Crippen LogP contribution in [-0.2, 0) is 16.0 Å². The molecule has 27 heavy (non-hydrogen) atoms. The number of pyridine rings is 1. The average Bonchev–Trinajstić information content (AvgIpc) is 3.15. The Balaban J connectivity index is 1.53. The van der Waals surface area contributed by atoms with Crippen LogP contribution in [0.3, 0.4) is 0 Å². The van der Waals surface area contributed by atoms with Gasteiger partial charge in [0, 0.05) is 24.3 Å². The minimum absolute atomic E-state index is 0.0983. The van der Waals surface area contributed by atoms with Crippen LogP contribution in [0, 0.1) is 11.8 Å². The molecule has 1 aromatic carbocycles. The molecule has 5 nitrogen and oxygen atoms in total. The highest BCUT2D eigenvalue weighted by atomic mass is 16.4. The lowest BCUT2D eigenvalue weighted by molar-refractivity contribution is -0.147. The molecule has 0 bridgehead atoms. The van der Waals surface area contributed by atoms with Crippen LogP contribution < -0.4 is 0 Å². The molecule has 2 atom stereocenters. The van der Waals surface area contributed by atoms with Crippen molar-refractivity contribution in [3.05, 3.63) is 42.2 Å². The number of likely N-dealkylation sites (tertiary alicyclic amines) is 1. The van der Waals surface area contributed by atoms with E-state index < -0.39 is 12.0 Å². The van der Waals surface area contributed by atoms with Crippen LogP contribution in [0.4, 0.5) is 0 Å². The van der Waals surface area contributed by atoms with E-state index >= 15 is 0 Å². The Morgan fingerprint density at radius 1 is 1.07 bits per heavy atom. The van der Waals surface area contributed by atoms with Gasteiger partial charge in [0.1, 0.15) is 6.04 Å². The van der Waals surface area contributed by atoms with E-state index in [9.17, 15) is 14.7 Å². The van der Waals surface area contributed by atoms with Crippen molar-refractivity contribution in [2.75, 3.05) is 6.54 Å². The molecule has 2 heterocycles. The van der Waals surface area contributed by atoms with Crippen molar-refractivity contribution >= 4 is 22.6 Å². The number of aromatic nitrogens is 1. The second kappa shape index (κ2) is 7.67. The zero-order valence-corrected chi connectivity index (χ0v) is 15.5. The first-order valence-corrected chi connectivity index (χ1v) is 9.97. The number of carboxylic acids is 1. The summed E-state index contributed by atoms with van der Waals surface area (Å²) in [4.78, 5) is 30.7. The summed E-state index contributed by atoms with van der Waals surface area (Å²) in [6, 6.07) is 7.18. The molecule has 2 fully saturated rings. The molecule has 0 spiro atoms. The number of carboxylic acid groups (broad SMARTS) is 1.